The number of hydrogen-bond donors (Lipinski definition) is 0. The van der Waals surface area contributed by atoms with E-state index in [1.807, 2.05) is 11.3 Å². The number of rotatable bonds is 4. The smallest absolute Gasteiger partial charge is 0.333 e. The lowest BCUT2D eigenvalue weighted by Gasteiger charge is -2.52. The van der Waals surface area contributed by atoms with Gasteiger partial charge in [-0.3, -0.25) is 0 Å². The molecule has 1 spiro atoms. The first kappa shape index (κ1) is 38.0. The zero-order chi connectivity index (χ0) is 43.6. The van der Waals surface area contributed by atoms with Crippen LogP contribution in [0.4, 0.5) is 28.4 Å². The zero-order valence-corrected chi connectivity index (χ0v) is 38.7. The van der Waals surface area contributed by atoms with Crippen LogP contribution in [0.25, 0.3) is 42.4 Å². The summed E-state index contributed by atoms with van der Waals surface area (Å²) in [4.78, 5) is 5.50. The molecule has 0 unspecified atom stereocenters. The Morgan fingerprint density at radius 2 is 1.25 bits per heavy atom. The highest BCUT2D eigenvalue weighted by Crippen LogP contribution is 2.64. The number of fused-ring (bicyclic) bond motifs is 18. The van der Waals surface area contributed by atoms with Crippen LogP contribution in [0.15, 0.2) is 158 Å². The Labute approximate surface area is 387 Å². The number of anilines is 5. The molecule has 0 fully saturated rings. The Kier molecular flexibility index (Phi) is 7.67. The first-order chi connectivity index (χ1) is 31.7. The summed E-state index contributed by atoms with van der Waals surface area (Å²) in [6.45, 7) is 12.1. The summed E-state index contributed by atoms with van der Waals surface area (Å²) in [5.74, 6) is 0. The molecule has 14 rings (SSSR count). The molecule has 9 aromatic rings. The van der Waals surface area contributed by atoms with Gasteiger partial charge >= 0.3 is 6.85 Å². The van der Waals surface area contributed by atoms with Gasteiger partial charge in [-0.05, 0) is 146 Å². The largest absolute Gasteiger partial charge is 0.376 e. The lowest BCUT2D eigenvalue weighted by atomic mass is 9.42. The fourth-order valence-corrected chi connectivity index (χ4v) is 14.5. The van der Waals surface area contributed by atoms with Crippen molar-refractivity contribution in [2.24, 2.45) is 0 Å². The maximum absolute atomic E-state index is 2.79. The Hall–Kier alpha value is -6.36. The molecule has 0 saturated heterocycles. The van der Waals surface area contributed by atoms with Crippen molar-refractivity contribution in [1.29, 1.82) is 0 Å². The molecule has 0 radical (unpaired) electrons. The number of unbranched alkanes of at least 4 members (excludes halogenated alkanes) is 1. The van der Waals surface area contributed by atoms with E-state index in [1.54, 1.807) is 0 Å². The van der Waals surface area contributed by atoms with Gasteiger partial charge in [0, 0.05) is 48.5 Å². The quantitative estimate of drug-likeness (QED) is 0.163. The van der Waals surface area contributed by atoms with Crippen molar-refractivity contribution in [2.75, 3.05) is 9.71 Å². The number of benzene rings is 8. The lowest BCUT2D eigenvalue weighted by Crippen LogP contribution is -2.62. The zero-order valence-electron chi connectivity index (χ0n) is 37.9. The molecule has 8 aromatic carbocycles. The third kappa shape index (κ3) is 4.81. The lowest BCUT2D eigenvalue weighted by molar-refractivity contribution is 0.332. The summed E-state index contributed by atoms with van der Waals surface area (Å²) in [6.07, 6.45) is 5.74. The van der Waals surface area contributed by atoms with Crippen LogP contribution in [0.2, 0.25) is 0 Å². The molecule has 1 aromatic heterocycles. The van der Waals surface area contributed by atoms with Crippen molar-refractivity contribution in [3.8, 4) is 22.3 Å². The van der Waals surface area contributed by atoms with Gasteiger partial charge in [0.2, 0.25) is 0 Å². The third-order valence-electron chi connectivity index (χ3n) is 16.5. The van der Waals surface area contributed by atoms with Crippen LogP contribution in [0.3, 0.4) is 0 Å². The van der Waals surface area contributed by atoms with E-state index in [1.165, 1.54) is 134 Å². The van der Waals surface area contributed by atoms with Gasteiger partial charge in [0.25, 0.3) is 0 Å². The van der Waals surface area contributed by atoms with Gasteiger partial charge in [-0.15, -0.1) is 11.3 Å². The number of thiophene rings is 1. The van der Waals surface area contributed by atoms with Crippen LogP contribution in [0.1, 0.15) is 99.2 Å². The first-order valence-electron chi connectivity index (χ1n) is 24.0. The second-order valence-electron chi connectivity index (χ2n) is 20.8. The summed E-state index contributed by atoms with van der Waals surface area (Å²) in [6, 6.07) is 62.0. The molecule has 3 aliphatic heterocycles. The predicted octanol–water partition coefficient (Wildman–Crippen LogP) is 15.1. The number of para-hydroxylation sites is 2. The average Bonchev–Trinajstić information content (AvgIpc) is 3.86. The normalized spacial score (nSPS) is 17.0. The molecular weight excluding hydrogens is 804 g/mol. The van der Waals surface area contributed by atoms with Gasteiger partial charge in [0.1, 0.15) is 0 Å². The van der Waals surface area contributed by atoms with Gasteiger partial charge in [0.15, 0.2) is 0 Å². The molecule has 2 aliphatic carbocycles. The molecule has 0 bridgehead atoms. The molecule has 5 aliphatic rings. The molecule has 0 amide bonds. The van der Waals surface area contributed by atoms with Crippen LogP contribution < -0.4 is 20.6 Å². The Morgan fingerprint density at radius 1 is 0.554 bits per heavy atom. The summed E-state index contributed by atoms with van der Waals surface area (Å²) >= 11 is 1.93. The molecular formula is C61H51BN2S. The molecule has 2 nitrogen and oxygen atoms in total. The molecule has 4 heteroatoms. The highest BCUT2D eigenvalue weighted by molar-refractivity contribution is 7.26. The van der Waals surface area contributed by atoms with Crippen molar-refractivity contribution in [1.82, 2.24) is 0 Å². The molecule has 0 N–H and O–H groups in total. The van der Waals surface area contributed by atoms with E-state index < -0.39 is 5.41 Å². The Balaban J connectivity index is 1.15. The molecule has 4 heterocycles. The van der Waals surface area contributed by atoms with Crippen molar-refractivity contribution >= 4 is 77.7 Å². The monoisotopic (exact) mass is 854 g/mol. The van der Waals surface area contributed by atoms with Crippen LogP contribution in [0, 0.1) is 0 Å². The number of nitrogens with zero attached hydrogens (tertiary/aromatic N) is 2. The highest BCUT2D eigenvalue weighted by atomic mass is 32.1. The van der Waals surface area contributed by atoms with E-state index in [0.717, 1.165) is 19.3 Å². The maximum Gasteiger partial charge on any atom is 0.333 e. The van der Waals surface area contributed by atoms with Crippen LogP contribution in [0.5, 0.6) is 0 Å². The standard InChI is InChI=1S/C61H51BN2S/c1-6-7-17-37-34-42-55-51(30-31-54-56(55)41-20-10-15-27-53(41)65-54)64(38-28-29-45-48(36-38)60(4,5)33-32-59(45,2)3)62-49-25-16-24-47-58(49)63(52(35-37)57(42)62)50-26-14-13-23-46(50)61(47)43-21-11-8-18-39(43)40-19-9-12-22-44(40)61/h8-16,18-31,34-36H,6-7,17,32-33H2,1-5H3. The van der Waals surface area contributed by atoms with Crippen LogP contribution >= 0.6 is 11.3 Å². The SMILES string of the molecule is CCCCc1cc2c3c(c1)N1c4ccccc4C4(c5ccccc5-c5ccccc54)c4cccc(c41)B3N(c1ccc3c(c1)C(C)(C)CCC3(C)C)c1ccc3sc4ccccc4c3c1-2. The minimum absolute atomic E-state index is 0.0618. The Morgan fingerprint density at radius 3 is 2.03 bits per heavy atom. The van der Waals surface area contributed by atoms with E-state index in [0.29, 0.717) is 0 Å². The van der Waals surface area contributed by atoms with Crippen LogP contribution in [-0.4, -0.2) is 6.85 Å². The summed E-state index contributed by atoms with van der Waals surface area (Å²) in [5.41, 5.74) is 24.4. The van der Waals surface area contributed by atoms with Gasteiger partial charge in [-0.25, -0.2) is 0 Å². The molecule has 65 heavy (non-hydrogen) atoms. The van der Waals surface area contributed by atoms with E-state index in [2.05, 4.69) is 202 Å². The molecule has 0 atom stereocenters. The maximum atomic E-state index is 2.79. The predicted molar refractivity (Wildman–Crippen MR) is 278 cm³/mol. The van der Waals surface area contributed by atoms with Crippen molar-refractivity contribution in [2.45, 2.75) is 83.0 Å². The van der Waals surface area contributed by atoms with E-state index in [9.17, 15) is 0 Å². The Bertz CT molecular complexity index is 3490. The van der Waals surface area contributed by atoms with E-state index in [-0.39, 0.29) is 17.7 Å². The summed E-state index contributed by atoms with van der Waals surface area (Å²) in [7, 11) is 0. The van der Waals surface area contributed by atoms with E-state index in [4.69, 9.17) is 0 Å². The van der Waals surface area contributed by atoms with E-state index >= 15 is 0 Å². The minimum Gasteiger partial charge on any atom is -0.376 e. The topological polar surface area (TPSA) is 6.48 Å². The molecule has 314 valence electrons. The third-order valence-corrected chi connectivity index (χ3v) is 17.6. The van der Waals surface area contributed by atoms with Crippen molar-refractivity contribution in [3.63, 3.8) is 0 Å². The van der Waals surface area contributed by atoms with Gasteiger partial charge in [0.05, 0.1) is 11.1 Å². The second kappa shape index (κ2) is 13.1. The fraction of sp³-hybridized carbons (Fsp3) is 0.213. The second-order valence-corrected chi connectivity index (χ2v) is 21.9. The van der Waals surface area contributed by atoms with Crippen molar-refractivity contribution < 1.29 is 0 Å². The number of aryl methyl sites for hydroxylation is 1. The number of hydrogen-bond acceptors (Lipinski definition) is 3. The summed E-state index contributed by atoms with van der Waals surface area (Å²) < 4.78 is 2.70. The van der Waals surface area contributed by atoms with Crippen LogP contribution in [-0.2, 0) is 22.7 Å². The van der Waals surface area contributed by atoms with Gasteiger partial charge < -0.3 is 9.71 Å². The first-order valence-corrected chi connectivity index (χ1v) is 24.8. The van der Waals surface area contributed by atoms with Gasteiger partial charge in [-0.2, -0.15) is 0 Å². The minimum atomic E-state index is -0.480. The fourth-order valence-electron chi connectivity index (χ4n) is 13.4. The summed E-state index contributed by atoms with van der Waals surface area (Å²) in [5, 5.41) is 2.74. The van der Waals surface area contributed by atoms with Gasteiger partial charge in [-0.1, -0.05) is 156 Å². The molecule has 0 saturated carbocycles. The highest BCUT2D eigenvalue weighted by Gasteiger charge is 2.56. The van der Waals surface area contributed by atoms with Crippen molar-refractivity contribution in [3.05, 3.63) is 197 Å². The average molecular weight is 855 g/mol.